The number of hydrogen-bond acceptors (Lipinski definition) is 11. The number of hydrogen-bond donors (Lipinski definition) is 3. The summed E-state index contributed by atoms with van der Waals surface area (Å²) >= 11 is 0. The van der Waals surface area contributed by atoms with Crippen LogP contribution in [0.25, 0.3) is 0 Å². The molecule has 0 atom stereocenters. The zero-order valence-electron chi connectivity index (χ0n) is 16.1. The third kappa shape index (κ3) is 3.77. The van der Waals surface area contributed by atoms with E-state index in [-0.39, 0.29) is 53.3 Å². The van der Waals surface area contributed by atoms with Gasteiger partial charge in [-0.05, 0) is 13.8 Å². The summed E-state index contributed by atoms with van der Waals surface area (Å²) in [5, 5.41) is 2.62. The summed E-state index contributed by atoms with van der Waals surface area (Å²) in [6, 6.07) is 0. The van der Waals surface area contributed by atoms with Crippen molar-refractivity contribution in [3.63, 3.8) is 0 Å². The van der Waals surface area contributed by atoms with Gasteiger partial charge in [0.2, 0.25) is 11.8 Å². The lowest BCUT2D eigenvalue weighted by Gasteiger charge is -2.30. The molecule has 152 valence electrons. The van der Waals surface area contributed by atoms with Crippen molar-refractivity contribution in [2.45, 2.75) is 19.8 Å². The number of dihydropyridines is 1. The van der Waals surface area contributed by atoms with Crippen LogP contribution in [-0.4, -0.2) is 49.3 Å². The van der Waals surface area contributed by atoms with E-state index in [4.69, 9.17) is 30.4 Å². The molecule has 0 saturated heterocycles. The molecule has 0 spiro atoms. The van der Waals surface area contributed by atoms with Gasteiger partial charge in [0, 0.05) is 0 Å². The van der Waals surface area contributed by atoms with Crippen LogP contribution in [0.4, 0.5) is 0 Å². The first-order valence-electron chi connectivity index (χ1n) is 8.44. The molecular formula is C17H23N5O6. The first-order valence-corrected chi connectivity index (χ1v) is 8.44. The highest BCUT2D eigenvalue weighted by Crippen LogP contribution is 2.44. The highest BCUT2D eigenvalue weighted by atomic mass is 16.5. The second-order valence-corrected chi connectivity index (χ2v) is 5.46. The molecule has 1 aliphatic heterocycles. The lowest BCUT2D eigenvalue weighted by molar-refractivity contribution is -0.139. The van der Waals surface area contributed by atoms with E-state index in [2.05, 4.69) is 15.3 Å². The summed E-state index contributed by atoms with van der Waals surface area (Å²) in [7, 11) is 2.75. The Kier molecular flexibility index (Phi) is 6.64. The Labute approximate surface area is 161 Å². The summed E-state index contributed by atoms with van der Waals surface area (Å²) in [5.74, 6) is -2.65. The number of carbonyl (C=O) groups excluding carboxylic acids is 2. The van der Waals surface area contributed by atoms with Crippen LogP contribution in [0.2, 0.25) is 0 Å². The summed E-state index contributed by atoms with van der Waals surface area (Å²) < 4.78 is 20.8. The predicted molar refractivity (Wildman–Crippen MR) is 96.7 cm³/mol. The van der Waals surface area contributed by atoms with E-state index in [1.807, 2.05) is 0 Å². The van der Waals surface area contributed by atoms with Crippen LogP contribution in [0, 0.1) is 0 Å². The largest absolute Gasteiger partial charge is 0.481 e. The van der Waals surface area contributed by atoms with Crippen LogP contribution in [0.15, 0.2) is 29.1 Å². The molecule has 0 radical (unpaired) electrons. The molecule has 5 N–H and O–H groups in total. The van der Waals surface area contributed by atoms with E-state index in [1.165, 1.54) is 20.5 Å². The lowest BCUT2D eigenvalue weighted by Crippen LogP contribution is -2.39. The van der Waals surface area contributed by atoms with Crippen molar-refractivity contribution < 1.29 is 28.5 Å². The fraction of sp³-hybridized carbons (Fsp3) is 0.412. The van der Waals surface area contributed by atoms with Gasteiger partial charge in [0.1, 0.15) is 18.0 Å². The molecule has 1 aromatic heterocycles. The van der Waals surface area contributed by atoms with E-state index in [9.17, 15) is 9.59 Å². The summed E-state index contributed by atoms with van der Waals surface area (Å²) in [6.07, 6.45) is 1.22. The number of esters is 2. The van der Waals surface area contributed by atoms with Gasteiger partial charge in [-0.3, -0.25) is 0 Å². The zero-order chi connectivity index (χ0) is 20.8. The zero-order valence-corrected chi connectivity index (χ0v) is 16.1. The van der Waals surface area contributed by atoms with Crippen molar-refractivity contribution >= 4 is 11.9 Å². The van der Waals surface area contributed by atoms with Crippen LogP contribution in [0.5, 0.6) is 11.8 Å². The van der Waals surface area contributed by atoms with Crippen molar-refractivity contribution in [1.29, 1.82) is 0 Å². The molecule has 28 heavy (non-hydrogen) atoms. The Bertz CT molecular complexity index is 773. The fourth-order valence-electron chi connectivity index (χ4n) is 2.83. The van der Waals surface area contributed by atoms with Gasteiger partial charge < -0.3 is 35.7 Å². The number of ether oxygens (including phenoxy) is 4. The van der Waals surface area contributed by atoms with Crippen molar-refractivity contribution in [3.8, 4) is 11.8 Å². The highest BCUT2D eigenvalue weighted by molar-refractivity contribution is 6.00. The Morgan fingerprint density at radius 1 is 0.964 bits per heavy atom. The number of methoxy groups -OCH3 is 2. The predicted octanol–water partition coefficient (Wildman–Crippen LogP) is -0.353. The Hall–Kier alpha value is -3.50. The van der Waals surface area contributed by atoms with Gasteiger partial charge >= 0.3 is 11.9 Å². The van der Waals surface area contributed by atoms with E-state index in [0.29, 0.717) is 0 Å². The normalized spacial score (nSPS) is 14.4. The molecule has 11 heteroatoms. The fourth-order valence-corrected chi connectivity index (χ4v) is 2.83. The van der Waals surface area contributed by atoms with Crippen LogP contribution in [-0.2, 0) is 19.1 Å². The lowest BCUT2D eigenvalue weighted by atomic mass is 9.82. The Morgan fingerprint density at radius 3 is 1.75 bits per heavy atom. The summed E-state index contributed by atoms with van der Waals surface area (Å²) in [6.45, 7) is 3.47. The maximum atomic E-state index is 12.7. The smallest absolute Gasteiger partial charge is 0.338 e. The van der Waals surface area contributed by atoms with Gasteiger partial charge in [0.25, 0.3) is 0 Å². The van der Waals surface area contributed by atoms with Crippen molar-refractivity contribution in [1.82, 2.24) is 15.3 Å². The minimum absolute atomic E-state index is 0.0643. The SMILES string of the molecule is CCOC(=O)C1=C(N)NC(N)=C(C(=O)OCC)C1c1c(OC)ncnc1OC. The molecule has 0 amide bonds. The van der Waals surface area contributed by atoms with Crippen molar-refractivity contribution in [2.24, 2.45) is 11.5 Å². The van der Waals surface area contributed by atoms with Gasteiger partial charge in [-0.1, -0.05) is 0 Å². The number of aromatic nitrogens is 2. The molecule has 11 nitrogen and oxygen atoms in total. The van der Waals surface area contributed by atoms with Gasteiger partial charge in [0.15, 0.2) is 0 Å². The molecule has 0 saturated carbocycles. The molecule has 2 heterocycles. The number of nitrogens with two attached hydrogens (primary N) is 2. The van der Waals surface area contributed by atoms with E-state index < -0.39 is 17.9 Å². The average molecular weight is 393 g/mol. The van der Waals surface area contributed by atoms with Crippen molar-refractivity contribution in [3.05, 3.63) is 34.7 Å². The number of carbonyl (C=O) groups is 2. The van der Waals surface area contributed by atoms with Crippen molar-refractivity contribution in [2.75, 3.05) is 27.4 Å². The first kappa shape index (κ1) is 20.8. The third-order valence-corrected chi connectivity index (χ3v) is 3.90. The van der Waals surface area contributed by atoms with Crippen LogP contribution in [0.1, 0.15) is 25.3 Å². The number of rotatable bonds is 7. The molecule has 2 rings (SSSR count). The Balaban J connectivity index is 2.81. The molecule has 0 bridgehead atoms. The molecule has 0 fully saturated rings. The third-order valence-electron chi connectivity index (χ3n) is 3.90. The number of nitrogens with zero attached hydrogens (tertiary/aromatic N) is 2. The second-order valence-electron chi connectivity index (χ2n) is 5.46. The van der Waals surface area contributed by atoms with Gasteiger partial charge in [-0.15, -0.1) is 0 Å². The minimum atomic E-state index is -1.13. The molecule has 1 aliphatic rings. The quantitative estimate of drug-likeness (QED) is 0.519. The molecule has 0 aliphatic carbocycles. The molecular weight excluding hydrogens is 370 g/mol. The first-order chi connectivity index (χ1) is 13.4. The molecule has 0 aromatic carbocycles. The van der Waals surface area contributed by atoms with Gasteiger partial charge in [0.05, 0.1) is 50.1 Å². The second kappa shape index (κ2) is 8.93. The summed E-state index contributed by atoms with van der Waals surface area (Å²) in [4.78, 5) is 33.5. The number of nitrogens with one attached hydrogen (secondary N) is 1. The van der Waals surface area contributed by atoms with E-state index in [0.717, 1.165) is 0 Å². The monoisotopic (exact) mass is 393 g/mol. The van der Waals surface area contributed by atoms with E-state index in [1.54, 1.807) is 13.8 Å². The standard InChI is InChI=1S/C17H23N5O6/c1-5-27-16(23)9-8(11-14(25-3)20-7-21-15(11)26-4)10(17(24)28-6-2)13(19)22-12(9)18/h7-8,22H,5-6,18-19H2,1-4H3. The van der Waals surface area contributed by atoms with Gasteiger partial charge in [-0.25, -0.2) is 19.6 Å². The van der Waals surface area contributed by atoms with Crippen LogP contribution < -0.4 is 26.3 Å². The Morgan fingerprint density at radius 2 is 1.39 bits per heavy atom. The summed E-state index contributed by atoms with van der Waals surface area (Å²) in [5.41, 5.74) is 12.1. The van der Waals surface area contributed by atoms with Crippen LogP contribution >= 0.6 is 0 Å². The van der Waals surface area contributed by atoms with Gasteiger partial charge in [-0.2, -0.15) is 0 Å². The topological polar surface area (TPSA) is 161 Å². The molecule has 1 aromatic rings. The maximum absolute atomic E-state index is 12.7. The highest BCUT2D eigenvalue weighted by Gasteiger charge is 2.43. The average Bonchev–Trinajstić information content (AvgIpc) is 2.66. The maximum Gasteiger partial charge on any atom is 0.338 e. The minimum Gasteiger partial charge on any atom is -0.481 e. The van der Waals surface area contributed by atoms with E-state index >= 15 is 0 Å². The van der Waals surface area contributed by atoms with Crippen LogP contribution in [0.3, 0.4) is 0 Å². The molecule has 0 unspecified atom stereocenters.